The Balaban J connectivity index is 2.23. The molecule has 92 valence electrons. The third-order valence-corrected chi connectivity index (χ3v) is 3.14. The zero-order valence-electron chi connectivity index (χ0n) is 9.68. The fraction of sp³-hybridized carbons (Fsp3) is 0.500. The van der Waals surface area contributed by atoms with Gasteiger partial charge in [-0.3, -0.25) is 4.79 Å². The van der Waals surface area contributed by atoms with Gasteiger partial charge in [0.15, 0.2) is 0 Å². The van der Waals surface area contributed by atoms with Gasteiger partial charge < -0.3 is 22.1 Å². The molecule has 6 N–H and O–H groups in total. The standard InChI is InChI=1S/C10H16N6O/c1-10(8(12)17)2-3-16(5-10)7-4-6(11)14-9(13)15-7/h4H,2-3,5H2,1H3,(H2,12,17)(H4,11,13,14,15). The van der Waals surface area contributed by atoms with E-state index >= 15 is 0 Å². The fourth-order valence-electron chi connectivity index (χ4n) is 1.99. The first-order valence-electron chi connectivity index (χ1n) is 5.36. The van der Waals surface area contributed by atoms with Crippen LogP contribution < -0.4 is 22.1 Å². The van der Waals surface area contributed by atoms with Crippen molar-refractivity contribution in [2.45, 2.75) is 13.3 Å². The monoisotopic (exact) mass is 236 g/mol. The average Bonchev–Trinajstić information content (AvgIpc) is 2.61. The molecule has 0 bridgehead atoms. The lowest BCUT2D eigenvalue weighted by molar-refractivity contribution is -0.125. The number of carbonyl (C=O) groups excluding carboxylic acids is 1. The van der Waals surface area contributed by atoms with Crippen LogP contribution in [-0.4, -0.2) is 29.0 Å². The van der Waals surface area contributed by atoms with Crippen LogP contribution in [0.4, 0.5) is 17.6 Å². The van der Waals surface area contributed by atoms with Gasteiger partial charge in [-0.25, -0.2) is 0 Å². The number of hydrogen-bond donors (Lipinski definition) is 3. The van der Waals surface area contributed by atoms with Crippen LogP contribution in [0.15, 0.2) is 6.07 Å². The highest BCUT2D eigenvalue weighted by Crippen LogP contribution is 2.32. The number of nitrogen functional groups attached to an aromatic ring is 2. The number of aromatic nitrogens is 2. The normalized spacial score (nSPS) is 23.9. The van der Waals surface area contributed by atoms with E-state index in [2.05, 4.69) is 9.97 Å². The summed E-state index contributed by atoms with van der Waals surface area (Å²) >= 11 is 0. The van der Waals surface area contributed by atoms with Crippen molar-refractivity contribution in [1.29, 1.82) is 0 Å². The van der Waals surface area contributed by atoms with Crippen LogP contribution in [-0.2, 0) is 4.79 Å². The maximum Gasteiger partial charge on any atom is 0.225 e. The summed E-state index contributed by atoms with van der Waals surface area (Å²) in [7, 11) is 0. The number of nitrogens with two attached hydrogens (primary N) is 3. The van der Waals surface area contributed by atoms with Crippen LogP contribution in [0.1, 0.15) is 13.3 Å². The summed E-state index contributed by atoms with van der Waals surface area (Å²) < 4.78 is 0. The summed E-state index contributed by atoms with van der Waals surface area (Å²) in [5.41, 5.74) is 16.0. The minimum atomic E-state index is -0.519. The number of anilines is 3. The zero-order valence-corrected chi connectivity index (χ0v) is 9.68. The van der Waals surface area contributed by atoms with Gasteiger partial charge in [-0.05, 0) is 13.3 Å². The topological polar surface area (TPSA) is 124 Å². The first-order valence-corrected chi connectivity index (χ1v) is 5.36. The van der Waals surface area contributed by atoms with Crippen molar-refractivity contribution in [2.75, 3.05) is 29.5 Å². The van der Waals surface area contributed by atoms with Gasteiger partial charge in [-0.2, -0.15) is 9.97 Å². The van der Waals surface area contributed by atoms with E-state index in [1.165, 1.54) is 0 Å². The van der Waals surface area contributed by atoms with Crippen molar-refractivity contribution in [3.05, 3.63) is 6.07 Å². The number of hydrogen-bond acceptors (Lipinski definition) is 6. The molecule has 0 saturated carbocycles. The molecule has 1 aliphatic heterocycles. The second-order valence-electron chi connectivity index (χ2n) is 4.61. The molecule has 2 heterocycles. The molecule has 1 aromatic heterocycles. The van der Waals surface area contributed by atoms with Crippen molar-refractivity contribution in [1.82, 2.24) is 9.97 Å². The SMILES string of the molecule is CC1(C(N)=O)CCN(c2cc(N)nc(N)n2)C1. The van der Waals surface area contributed by atoms with E-state index in [0.717, 1.165) is 0 Å². The van der Waals surface area contributed by atoms with Gasteiger partial charge in [-0.1, -0.05) is 0 Å². The van der Waals surface area contributed by atoms with Crippen LogP contribution in [0.5, 0.6) is 0 Å². The number of primary amides is 1. The van der Waals surface area contributed by atoms with Gasteiger partial charge in [-0.15, -0.1) is 0 Å². The highest BCUT2D eigenvalue weighted by atomic mass is 16.1. The van der Waals surface area contributed by atoms with E-state index in [4.69, 9.17) is 17.2 Å². The molecule has 1 fully saturated rings. The van der Waals surface area contributed by atoms with Crippen LogP contribution in [0.25, 0.3) is 0 Å². The lowest BCUT2D eigenvalue weighted by atomic mass is 9.89. The quantitative estimate of drug-likeness (QED) is 0.626. The van der Waals surface area contributed by atoms with Crippen LogP contribution in [0.2, 0.25) is 0 Å². The molecule has 7 heteroatoms. The zero-order chi connectivity index (χ0) is 12.6. The smallest absolute Gasteiger partial charge is 0.225 e. The maximum absolute atomic E-state index is 11.3. The summed E-state index contributed by atoms with van der Waals surface area (Å²) in [6, 6.07) is 1.64. The molecule has 1 saturated heterocycles. The highest BCUT2D eigenvalue weighted by molar-refractivity contribution is 5.82. The Bertz CT molecular complexity index is 442. The molecule has 17 heavy (non-hydrogen) atoms. The number of amides is 1. The summed E-state index contributed by atoms with van der Waals surface area (Å²) in [6.45, 7) is 3.08. The molecule has 1 unspecified atom stereocenters. The van der Waals surface area contributed by atoms with E-state index in [0.29, 0.717) is 31.1 Å². The molecular formula is C10H16N6O. The van der Waals surface area contributed by atoms with E-state index in [-0.39, 0.29) is 11.9 Å². The predicted molar refractivity (Wildman–Crippen MR) is 65.0 cm³/mol. The van der Waals surface area contributed by atoms with Gasteiger partial charge >= 0.3 is 0 Å². The van der Waals surface area contributed by atoms with Gasteiger partial charge in [0.1, 0.15) is 11.6 Å². The number of rotatable bonds is 2. The first-order chi connectivity index (χ1) is 7.90. The maximum atomic E-state index is 11.3. The Morgan fingerprint density at radius 1 is 1.47 bits per heavy atom. The lowest BCUT2D eigenvalue weighted by Gasteiger charge is -2.21. The van der Waals surface area contributed by atoms with Crippen LogP contribution >= 0.6 is 0 Å². The molecule has 0 spiro atoms. The summed E-state index contributed by atoms with van der Waals surface area (Å²) in [5.74, 6) is 0.794. The fourth-order valence-corrected chi connectivity index (χ4v) is 1.99. The largest absolute Gasteiger partial charge is 0.383 e. The van der Waals surface area contributed by atoms with Gasteiger partial charge in [0.05, 0.1) is 5.41 Å². The minimum Gasteiger partial charge on any atom is -0.383 e. The third-order valence-electron chi connectivity index (χ3n) is 3.14. The Hall–Kier alpha value is -2.05. The second-order valence-corrected chi connectivity index (χ2v) is 4.61. The Labute approximate surface area is 99.0 Å². The molecular weight excluding hydrogens is 220 g/mol. The highest BCUT2D eigenvalue weighted by Gasteiger charge is 2.39. The lowest BCUT2D eigenvalue weighted by Crippen LogP contribution is -2.37. The molecule has 1 aromatic rings. The van der Waals surface area contributed by atoms with Crippen molar-refractivity contribution in [3.63, 3.8) is 0 Å². The summed E-state index contributed by atoms with van der Waals surface area (Å²) in [5, 5.41) is 0. The van der Waals surface area contributed by atoms with E-state index < -0.39 is 5.41 Å². The third kappa shape index (κ3) is 2.08. The summed E-state index contributed by atoms with van der Waals surface area (Å²) in [4.78, 5) is 21.2. The van der Waals surface area contributed by atoms with E-state index in [1.54, 1.807) is 6.07 Å². The Morgan fingerprint density at radius 2 is 2.18 bits per heavy atom. The van der Waals surface area contributed by atoms with Crippen molar-refractivity contribution < 1.29 is 4.79 Å². The van der Waals surface area contributed by atoms with Crippen molar-refractivity contribution in [3.8, 4) is 0 Å². The molecule has 1 amide bonds. The van der Waals surface area contributed by atoms with Crippen LogP contribution in [0.3, 0.4) is 0 Å². The molecule has 0 radical (unpaired) electrons. The first kappa shape index (κ1) is 11.4. The average molecular weight is 236 g/mol. The van der Waals surface area contributed by atoms with Gasteiger partial charge in [0, 0.05) is 19.2 Å². The molecule has 1 atom stereocenters. The van der Waals surface area contributed by atoms with Crippen molar-refractivity contribution in [2.24, 2.45) is 11.1 Å². The van der Waals surface area contributed by atoms with E-state index in [9.17, 15) is 4.79 Å². The molecule has 1 aliphatic rings. The molecule has 0 aromatic carbocycles. The Morgan fingerprint density at radius 3 is 2.71 bits per heavy atom. The minimum absolute atomic E-state index is 0.132. The second kappa shape index (κ2) is 3.76. The van der Waals surface area contributed by atoms with Gasteiger partial charge in [0.25, 0.3) is 0 Å². The summed E-state index contributed by atoms with van der Waals surface area (Å²) in [6.07, 6.45) is 0.701. The molecule has 0 aliphatic carbocycles. The number of nitrogens with zero attached hydrogens (tertiary/aromatic N) is 3. The van der Waals surface area contributed by atoms with E-state index in [1.807, 2.05) is 11.8 Å². The molecule has 7 nitrogen and oxygen atoms in total. The molecule has 2 rings (SSSR count). The van der Waals surface area contributed by atoms with Gasteiger partial charge in [0.2, 0.25) is 11.9 Å². The number of carbonyl (C=O) groups is 1. The van der Waals surface area contributed by atoms with Crippen molar-refractivity contribution >= 4 is 23.5 Å². The van der Waals surface area contributed by atoms with Crippen LogP contribution in [0, 0.1) is 5.41 Å². The predicted octanol–water partition coefficient (Wildman–Crippen LogP) is -0.657. The Kier molecular flexibility index (Phi) is 2.53.